The first-order valence-electron chi connectivity index (χ1n) is 7.82. The minimum absolute atomic E-state index is 0.0945. The van der Waals surface area contributed by atoms with E-state index in [1.807, 2.05) is 4.90 Å². The van der Waals surface area contributed by atoms with E-state index >= 15 is 0 Å². The number of hydrogen-bond acceptors (Lipinski definition) is 6. The molecule has 0 aromatic heterocycles. The molecule has 0 saturated carbocycles. The van der Waals surface area contributed by atoms with E-state index in [0.29, 0.717) is 11.7 Å². The van der Waals surface area contributed by atoms with E-state index in [1.165, 1.54) is 13.2 Å². The summed E-state index contributed by atoms with van der Waals surface area (Å²) in [4.78, 5) is 14.7. The first kappa shape index (κ1) is 15.9. The lowest BCUT2D eigenvalue weighted by atomic mass is 10.2. The summed E-state index contributed by atoms with van der Waals surface area (Å²) in [6.45, 7) is 5.45. The van der Waals surface area contributed by atoms with Gasteiger partial charge in [-0.3, -0.25) is 15.0 Å². The number of nitrogens with zero attached hydrogens (tertiary/aromatic N) is 3. The van der Waals surface area contributed by atoms with E-state index in [2.05, 4.69) is 10.2 Å². The maximum absolute atomic E-state index is 14.3. The zero-order chi connectivity index (χ0) is 16.4. The second-order valence-corrected chi connectivity index (χ2v) is 5.91. The highest BCUT2D eigenvalue weighted by atomic mass is 19.1. The van der Waals surface area contributed by atoms with Gasteiger partial charge < -0.3 is 15.0 Å². The van der Waals surface area contributed by atoms with E-state index < -0.39 is 10.7 Å². The lowest BCUT2D eigenvalue weighted by Gasteiger charge is -2.32. The summed E-state index contributed by atoms with van der Waals surface area (Å²) in [6, 6.07) is 2.79. The number of piperazine rings is 1. The van der Waals surface area contributed by atoms with Gasteiger partial charge in [0.25, 0.3) is 0 Å². The molecule has 2 heterocycles. The Balaban J connectivity index is 1.78. The first-order chi connectivity index (χ1) is 11.1. The summed E-state index contributed by atoms with van der Waals surface area (Å²) < 4.78 is 19.4. The van der Waals surface area contributed by atoms with Crippen LogP contribution in [0.15, 0.2) is 12.1 Å². The molecule has 1 aromatic rings. The van der Waals surface area contributed by atoms with Crippen molar-refractivity contribution in [3.05, 3.63) is 28.1 Å². The van der Waals surface area contributed by atoms with Crippen LogP contribution >= 0.6 is 0 Å². The number of rotatable bonds is 4. The molecule has 0 aliphatic carbocycles. The van der Waals surface area contributed by atoms with Crippen molar-refractivity contribution in [1.82, 2.24) is 10.2 Å². The third kappa shape index (κ3) is 3.23. The molecule has 1 N–H and O–H groups in total. The molecule has 0 radical (unpaired) electrons. The molecular weight excluding hydrogens is 303 g/mol. The van der Waals surface area contributed by atoms with Crippen molar-refractivity contribution in [2.45, 2.75) is 12.5 Å². The summed E-state index contributed by atoms with van der Waals surface area (Å²) in [6.07, 6.45) is 0.971. The summed E-state index contributed by atoms with van der Waals surface area (Å²) >= 11 is 0. The van der Waals surface area contributed by atoms with Crippen molar-refractivity contribution >= 4 is 11.4 Å². The van der Waals surface area contributed by atoms with Crippen LogP contribution in [0.3, 0.4) is 0 Å². The molecule has 2 aliphatic heterocycles. The number of ether oxygens (including phenoxy) is 1. The Kier molecular flexibility index (Phi) is 4.63. The number of halogens is 1. The normalized spacial score (nSPS) is 22.3. The van der Waals surface area contributed by atoms with Gasteiger partial charge in [-0.15, -0.1) is 0 Å². The van der Waals surface area contributed by atoms with E-state index in [0.717, 1.165) is 51.8 Å². The Morgan fingerprint density at radius 1 is 1.35 bits per heavy atom. The van der Waals surface area contributed by atoms with Crippen molar-refractivity contribution in [1.29, 1.82) is 0 Å². The van der Waals surface area contributed by atoms with Gasteiger partial charge in [0.2, 0.25) is 0 Å². The lowest BCUT2D eigenvalue weighted by molar-refractivity contribution is -0.385. The van der Waals surface area contributed by atoms with Crippen LogP contribution in [0.2, 0.25) is 0 Å². The molecule has 2 fully saturated rings. The molecule has 2 aliphatic rings. The topological polar surface area (TPSA) is 70.9 Å². The van der Waals surface area contributed by atoms with Gasteiger partial charge in [-0.05, 0) is 6.42 Å². The number of nitro groups is 1. The fraction of sp³-hybridized carbons (Fsp3) is 0.600. The molecule has 0 spiro atoms. The average molecular weight is 324 g/mol. The molecule has 0 bridgehead atoms. The number of hydrogen-bond donors (Lipinski definition) is 1. The molecule has 0 amide bonds. The Bertz CT molecular complexity index is 592. The van der Waals surface area contributed by atoms with E-state index in [-0.39, 0.29) is 11.4 Å². The Morgan fingerprint density at radius 3 is 2.74 bits per heavy atom. The van der Waals surface area contributed by atoms with Crippen molar-refractivity contribution in [2.24, 2.45) is 0 Å². The predicted molar refractivity (Wildman–Crippen MR) is 84.7 cm³/mol. The minimum Gasteiger partial charge on any atom is -0.490 e. The Labute approximate surface area is 134 Å². The van der Waals surface area contributed by atoms with Crippen LogP contribution in [0.4, 0.5) is 15.8 Å². The second kappa shape index (κ2) is 6.67. The lowest BCUT2D eigenvalue weighted by Crippen LogP contribution is -2.49. The van der Waals surface area contributed by atoms with Gasteiger partial charge in [0.15, 0.2) is 11.6 Å². The quantitative estimate of drug-likeness (QED) is 0.663. The standard InChI is InChI=1S/C15H21FN4O3/c1-23-15-9-13(12(16)8-14(15)20(21)22)19-5-2-11(10-19)18-6-3-17-4-7-18/h8-9,11,17H,2-7,10H2,1H3. The summed E-state index contributed by atoms with van der Waals surface area (Å²) in [5, 5.41) is 14.3. The molecule has 8 heteroatoms. The van der Waals surface area contributed by atoms with Gasteiger partial charge in [-0.2, -0.15) is 0 Å². The number of benzene rings is 1. The van der Waals surface area contributed by atoms with Crippen molar-refractivity contribution < 1.29 is 14.1 Å². The van der Waals surface area contributed by atoms with Crippen LogP contribution in [-0.2, 0) is 0 Å². The van der Waals surface area contributed by atoms with E-state index in [4.69, 9.17) is 4.74 Å². The highest BCUT2D eigenvalue weighted by Crippen LogP contribution is 2.35. The molecule has 1 aromatic carbocycles. The van der Waals surface area contributed by atoms with Gasteiger partial charge in [-0.1, -0.05) is 0 Å². The van der Waals surface area contributed by atoms with Crippen LogP contribution in [0.25, 0.3) is 0 Å². The summed E-state index contributed by atoms with van der Waals surface area (Å²) in [5.74, 6) is -0.476. The van der Waals surface area contributed by atoms with Crippen molar-refractivity contribution in [2.75, 3.05) is 51.3 Å². The van der Waals surface area contributed by atoms with Crippen LogP contribution in [-0.4, -0.2) is 62.2 Å². The maximum Gasteiger partial charge on any atom is 0.313 e. The highest BCUT2D eigenvalue weighted by molar-refractivity contribution is 5.60. The molecule has 23 heavy (non-hydrogen) atoms. The number of methoxy groups -OCH3 is 1. The van der Waals surface area contributed by atoms with Crippen molar-refractivity contribution in [3.63, 3.8) is 0 Å². The summed E-state index contributed by atoms with van der Waals surface area (Å²) in [7, 11) is 1.36. The number of nitro benzene ring substituents is 1. The number of anilines is 1. The summed E-state index contributed by atoms with van der Waals surface area (Å²) in [5.41, 5.74) is 0.0386. The van der Waals surface area contributed by atoms with Crippen molar-refractivity contribution in [3.8, 4) is 5.75 Å². The van der Waals surface area contributed by atoms with Gasteiger partial charge in [0, 0.05) is 51.4 Å². The fourth-order valence-corrected chi connectivity index (χ4v) is 3.39. The average Bonchev–Trinajstić information content (AvgIpc) is 3.05. The first-order valence-corrected chi connectivity index (χ1v) is 7.82. The molecule has 126 valence electrons. The second-order valence-electron chi connectivity index (χ2n) is 5.91. The molecule has 1 atom stereocenters. The minimum atomic E-state index is -0.626. The van der Waals surface area contributed by atoms with Crippen LogP contribution in [0.5, 0.6) is 5.75 Å². The Morgan fingerprint density at radius 2 is 2.09 bits per heavy atom. The smallest absolute Gasteiger partial charge is 0.313 e. The van der Waals surface area contributed by atoms with Crippen LogP contribution in [0.1, 0.15) is 6.42 Å². The molecule has 3 rings (SSSR count). The van der Waals surface area contributed by atoms with Crippen LogP contribution < -0.4 is 15.0 Å². The highest BCUT2D eigenvalue weighted by Gasteiger charge is 2.31. The third-order valence-corrected chi connectivity index (χ3v) is 4.62. The predicted octanol–water partition coefficient (Wildman–Crippen LogP) is 1.23. The maximum atomic E-state index is 14.3. The monoisotopic (exact) mass is 324 g/mol. The molecule has 2 saturated heterocycles. The van der Waals surface area contributed by atoms with Gasteiger partial charge in [0.05, 0.1) is 23.8 Å². The van der Waals surface area contributed by atoms with Crippen LogP contribution in [0, 0.1) is 15.9 Å². The van der Waals surface area contributed by atoms with Gasteiger partial charge >= 0.3 is 5.69 Å². The molecular formula is C15H21FN4O3. The van der Waals surface area contributed by atoms with E-state index in [9.17, 15) is 14.5 Å². The largest absolute Gasteiger partial charge is 0.490 e. The fourth-order valence-electron chi connectivity index (χ4n) is 3.39. The SMILES string of the molecule is COc1cc(N2CCC(N3CCNCC3)C2)c(F)cc1[N+](=O)[O-]. The molecule has 1 unspecified atom stereocenters. The molecule has 7 nitrogen and oxygen atoms in total. The van der Waals surface area contributed by atoms with Gasteiger partial charge in [0.1, 0.15) is 0 Å². The zero-order valence-corrected chi connectivity index (χ0v) is 13.1. The van der Waals surface area contributed by atoms with Gasteiger partial charge in [-0.25, -0.2) is 4.39 Å². The van der Waals surface area contributed by atoms with E-state index in [1.54, 1.807) is 0 Å². The Hall–Kier alpha value is -1.93. The zero-order valence-electron chi connectivity index (χ0n) is 13.1. The third-order valence-electron chi connectivity index (χ3n) is 4.62. The number of nitrogens with one attached hydrogen (secondary N) is 1.